The van der Waals surface area contributed by atoms with E-state index in [0.717, 1.165) is 44.4 Å². The fourth-order valence-electron chi connectivity index (χ4n) is 3.36. The standard InChI is InChI=1S/C20H16N2O2/c1-21-13-7-3-5-9-17(13)23-19-12-20-16(11-15(19)21)22(2)14-8-4-6-10-18(14)24-20/h3-12H,1-2H3. The van der Waals surface area contributed by atoms with Crippen LogP contribution in [0.15, 0.2) is 69.5 Å². The van der Waals surface area contributed by atoms with Crippen molar-refractivity contribution in [3.05, 3.63) is 60.7 Å². The summed E-state index contributed by atoms with van der Waals surface area (Å²) in [6.45, 7) is 0. The van der Waals surface area contributed by atoms with E-state index in [9.17, 15) is 0 Å². The van der Waals surface area contributed by atoms with E-state index in [1.165, 1.54) is 0 Å². The number of fused-ring (bicyclic) bond motifs is 4. The van der Waals surface area contributed by atoms with E-state index in [0.29, 0.717) is 0 Å². The lowest BCUT2D eigenvalue weighted by atomic mass is 10.2. The maximum Gasteiger partial charge on any atom is 0.155 e. The molecule has 24 heavy (non-hydrogen) atoms. The predicted octanol–water partition coefficient (Wildman–Crippen LogP) is 5.29. The van der Waals surface area contributed by atoms with Crippen molar-refractivity contribution in [1.29, 1.82) is 0 Å². The summed E-state index contributed by atoms with van der Waals surface area (Å²) in [5, 5.41) is 0. The van der Waals surface area contributed by atoms with E-state index >= 15 is 0 Å². The minimum absolute atomic E-state index is 0.808. The molecule has 0 fully saturated rings. The highest BCUT2D eigenvalue weighted by molar-refractivity contribution is 5.95. The molecule has 2 aromatic heterocycles. The minimum Gasteiger partial charge on any atom is -0.453 e. The Morgan fingerprint density at radius 2 is 1.00 bits per heavy atom. The molecule has 5 aromatic rings. The van der Waals surface area contributed by atoms with Crippen molar-refractivity contribution in [2.24, 2.45) is 14.1 Å². The van der Waals surface area contributed by atoms with E-state index < -0.39 is 0 Å². The Morgan fingerprint density at radius 3 is 1.50 bits per heavy atom. The number of rotatable bonds is 0. The molecule has 0 aliphatic heterocycles. The van der Waals surface area contributed by atoms with E-state index in [2.05, 4.69) is 41.4 Å². The maximum atomic E-state index is 6.10. The monoisotopic (exact) mass is 316 g/mol. The van der Waals surface area contributed by atoms with Crippen molar-refractivity contribution in [3.8, 4) is 0 Å². The van der Waals surface area contributed by atoms with Gasteiger partial charge < -0.3 is 18.0 Å². The quantitative estimate of drug-likeness (QED) is 0.364. The molecule has 118 valence electrons. The van der Waals surface area contributed by atoms with Crippen molar-refractivity contribution in [3.63, 3.8) is 0 Å². The zero-order valence-electron chi connectivity index (χ0n) is 13.5. The Hall–Kier alpha value is -3.14. The third kappa shape index (κ3) is 1.74. The van der Waals surface area contributed by atoms with Crippen LogP contribution in [0.2, 0.25) is 0 Å². The van der Waals surface area contributed by atoms with Crippen LogP contribution in [0.1, 0.15) is 0 Å². The highest BCUT2D eigenvalue weighted by Crippen LogP contribution is 2.29. The van der Waals surface area contributed by atoms with E-state index in [1.54, 1.807) is 0 Å². The Balaban J connectivity index is 2.01. The van der Waals surface area contributed by atoms with Crippen LogP contribution >= 0.6 is 0 Å². The molecule has 4 heteroatoms. The number of aromatic nitrogens is 2. The molecular formula is C20H16N2O2. The lowest BCUT2D eigenvalue weighted by Gasteiger charge is -2.14. The number of nitrogens with zero attached hydrogens (tertiary/aromatic N) is 2. The third-order valence-corrected chi connectivity index (χ3v) is 4.66. The molecule has 0 saturated heterocycles. The largest absolute Gasteiger partial charge is 0.453 e. The topological polar surface area (TPSA) is 36.1 Å². The number of hydrogen-bond donors (Lipinski definition) is 0. The summed E-state index contributed by atoms with van der Waals surface area (Å²) >= 11 is 0. The molecule has 0 spiro atoms. The molecule has 5 rings (SSSR count). The van der Waals surface area contributed by atoms with Gasteiger partial charge in [-0.15, -0.1) is 0 Å². The second kappa shape index (κ2) is 4.68. The van der Waals surface area contributed by atoms with Crippen LogP contribution in [-0.2, 0) is 14.1 Å². The van der Waals surface area contributed by atoms with Gasteiger partial charge in [-0.05, 0) is 30.3 Å². The summed E-state index contributed by atoms with van der Waals surface area (Å²) in [5.41, 5.74) is 7.51. The van der Waals surface area contributed by atoms with Gasteiger partial charge in [0.25, 0.3) is 0 Å². The molecule has 0 saturated carbocycles. The highest BCUT2D eigenvalue weighted by Gasteiger charge is 2.11. The maximum absolute atomic E-state index is 6.10. The van der Waals surface area contributed by atoms with Gasteiger partial charge in [0.05, 0.1) is 22.1 Å². The van der Waals surface area contributed by atoms with Gasteiger partial charge in [0.15, 0.2) is 22.3 Å². The normalized spacial score (nSPS) is 11.8. The van der Waals surface area contributed by atoms with Crippen molar-refractivity contribution in [1.82, 2.24) is 9.13 Å². The zero-order valence-corrected chi connectivity index (χ0v) is 13.5. The van der Waals surface area contributed by atoms with Gasteiger partial charge in [-0.25, -0.2) is 0 Å². The molecule has 0 N–H and O–H groups in total. The van der Waals surface area contributed by atoms with Crippen molar-refractivity contribution < 1.29 is 8.83 Å². The molecule has 0 aliphatic carbocycles. The van der Waals surface area contributed by atoms with Crippen LogP contribution in [0.5, 0.6) is 0 Å². The van der Waals surface area contributed by atoms with E-state index in [-0.39, 0.29) is 0 Å². The first-order chi connectivity index (χ1) is 11.7. The van der Waals surface area contributed by atoms with Crippen LogP contribution in [0.25, 0.3) is 44.4 Å². The summed E-state index contributed by atoms with van der Waals surface area (Å²) in [5.74, 6) is 0. The number of para-hydroxylation sites is 4. The van der Waals surface area contributed by atoms with Crippen molar-refractivity contribution in [2.75, 3.05) is 0 Å². The Kier molecular flexibility index (Phi) is 2.59. The summed E-state index contributed by atoms with van der Waals surface area (Å²) in [4.78, 5) is 0. The third-order valence-electron chi connectivity index (χ3n) is 4.66. The lowest BCUT2D eigenvalue weighted by molar-refractivity contribution is 0.635. The van der Waals surface area contributed by atoms with Gasteiger partial charge in [0.2, 0.25) is 0 Å². The smallest absolute Gasteiger partial charge is 0.155 e. The van der Waals surface area contributed by atoms with Crippen LogP contribution in [0, 0.1) is 0 Å². The van der Waals surface area contributed by atoms with Crippen LogP contribution in [0.4, 0.5) is 0 Å². The molecule has 0 amide bonds. The fraction of sp³-hybridized carbons (Fsp3) is 0.100. The van der Waals surface area contributed by atoms with Crippen LogP contribution < -0.4 is 0 Å². The first-order valence-corrected chi connectivity index (χ1v) is 7.91. The van der Waals surface area contributed by atoms with Gasteiger partial charge in [-0.1, -0.05) is 24.3 Å². The first kappa shape index (κ1) is 13.3. The second-order valence-corrected chi connectivity index (χ2v) is 6.05. The van der Waals surface area contributed by atoms with Crippen LogP contribution in [-0.4, -0.2) is 9.13 Å². The Morgan fingerprint density at radius 1 is 0.542 bits per heavy atom. The van der Waals surface area contributed by atoms with Gasteiger partial charge >= 0.3 is 0 Å². The Labute approximate surface area is 137 Å². The Bertz CT molecular complexity index is 1180. The summed E-state index contributed by atoms with van der Waals surface area (Å²) in [7, 11) is 4.12. The average Bonchev–Trinajstić information content (AvgIpc) is 2.61. The summed E-state index contributed by atoms with van der Waals surface area (Å²) in [6, 6.07) is 20.2. The average molecular weight is 316 g/mol. The minimum atomic E-state index is 0.808. The first-order valence-electron chi connectivity index (χ1n) is 7.91. The van der Waals surface area contributed by atoms with Crippen molar-refractivity contribution >= 4 is 44.4 Å². The molecule has 0 atom stereocenters. The van der Waals surface area contributed by atoms with Crippen molar-refractivity contribution in [2.45, 2.75) is 0 Å². The molecule has 0 unspecified atom stereocenters. The summed E-state index contributed by atoms with van der Waals surface area (Å²) in [6.07, 6.45) is 0. The SMILES string of the molecule is Cn1c2ccccc2oc2cc3oc4ccccc4n(C)c3cc21. The number of aryl methyl sites for hydroxylation is 2. The molecule has 4 nitrogen and oxygen atoms in total. The molecule has 0 bridgehead atoms. The number of hydrogen-bond acceptors (Lipinski definition) is 2. The number of benzene rings is 3. The van der Waals surface area contributed by atoms with Gasteiger partial charge in [-0.3, -0.25) is 0 Å². The zero-order chi connectivity index (χ0) is 16.3. The lowest BCUT2D eigenvalue weighted by Crippen LogP contribution is -1.99. The molecule has 0 aliphatic rings. The highest BCUT2D eigenvalue weighted by atomic mass is 16.3. The molecule has 3 aromatic carbocycles. The second-order valence-electron chi connectivity index (χ2n) is 6.05. The van der Waals surface area contributed by atoms with Gasteiger partial charge in [0, 0.05) is 20.2 Å². The van der Waals surface area contributed by atoms with Crippen LogP contribution in [0.3, 0.4) is 0 Å². The van der Waals surface area contributed by atoms with E-state index in [4.69, 9.17) is 8.83 Å². The predicted molar refractivity (Wildman–Crippen MR) is 96.6 cm³/mol. The van der Waals surface area contributed by atoms with Gasteiger partial charge in [0.1, 0.15) is 0 Å². The summed E-state index contributed by atoms with van der Waals surface area (Å²) < 4.78 is 16.5. The van der Waals surface area contributed by atoms with Gasteiger partial charge in [-0.2, -0.15) is 0 Å². The molecule has 2 heterocycles. The fourth-order valence-corrected chi connectivity index (χ4v) is 3.36. The molecule has 0 radical (unpaired) electrons. The van der Waals surface area contributed by atoms with E-state index in [1.807, 2.05) is 42.5 Å². The molecular weight excluding hydrogens is 300 g/mol.